The Morgan fingerprint density at radius 2 is 2.06 bits per heavy atom. The fourth-order valence-electron chi connectivity index (χ4n) is 2.70. The summed E-state index contributed by atoms with van der Waals surface area (Å²) in [6.45, 7) is 2.06. The standard InChI is InChI=1S/C14H21ClN2/c1-17(9-11-4-2-3-5-11)10-12-8-13(16)6-7-14(12)15/h6-8,11H,2-5,9-10,16H2,1H3. The van der Waals surface area contributed by atoms with Gasteiger partial charge in [-0.05, 0) is 49.6 Å². The third-order valence-electron chi connectivity index (χ3n) is 3.55. The third-order valence-corrected chi connectivity index (χ3v) is 3.92. The van der Waals surface area contributed by atoms with Gasteiger partial charge in [0, 0.05) is 23.8 Å². The third kappa shape index (κ3) is 3.62. The van der Waals surface area contributed by atoms with Gasteiger partial charge >= 0.3 is 0 Å². The number of halogens is 1. The first-order chi connectivity index (χ1) is 8.15. The fraction of sp³-hybridized carbons (Fsp3) is 0.571. The largest absolute Gasteiger partial charge is 0.399 e. The van der Waals surface area contributed by atoms with Crippen molar-refractivity contribution in [2.24, 2.45) is 5.92 Å². The quantitative estimate of drug-likeness (QED) is 0.831. The molecule has 0 saturated heterocycles. The lowest BCUT2D eigenvalue weighted by atomic mass is 10.1. The van der Waals surface area contributed by atoms with E-state index < -0.39 is 0 Å². The van der Waals surface area contributed by atoms with Gasteiger partial charge in [-0.3, -0.25) is 0 Å². The van der Waals surface area contributed by atoms with Crippen molar-refractivity contribution in [3.63, 3.8) is 0 Å². The minimum Gasteiger partial charge on any atom is -0.399 e. The number of nitrogen functional groups attached to an aromatic ring is 1. The predicted octanol–water partition coefficient (Wildman–Crippen LogP) is 3.54. The second-order valence-electron chi connectivity index (χ2n) is 5.20. The summed E-state index contributed by atoms with van der Waals surface area (Å²) in [4.78, 5) is 2.36. The van der Waals surface area contributed by atoms with Gasteiger partial charge in [-0.25, -0.2) is 0 Å². The first-order valence-corrected chi connectivity index (χ1v) is 6.75. The van der Waals surface area contributed by atoms with Crippen LogP contribution in [0.5, 0.6) is 0 Å². The van der Waals surface area contributed by atoms with Gasteiger partial charge in [-0.2, -0.15) is 0 Å². The smallest absolute Gasteiger partial charge is 0.0452 e. The van der Waals surface area contributed by atoms with E-state index in [4.69, 9.17) is 17.3 Å². The topological polar surface area (TPSA) is 29.3 Å². The van der Waals surface area contributed by atoms with Crippen LogP contribution in [0.15, 0.2) is 18.2 Å². The van der Waals surface area contributed by atoms with Gasteiger partial charge in [0.1, 0.15) is 0 Å². The molecule has 2 rings (SSSR count). The maximum atomic E-state index is 6.17. The molecule has 0 aliphatic heterocycles. The van der Waals surface area contributed by atoms with Crippen LogP contribution in [0, 0.1) is 5.92 Å². The monoisotopic (exact) mass is 252 g/mol. The Morgan fingerprint density at radius 1 is 1.35 bits per heavy atom. The van der Waals surface area contributed by atoms with Gasteiger partial charge < -0.3 is 10.6 Å². The van der Waals surface area contributed by atoms with Crippen molar-refractivity contribution >= 4 is 17.3 Å². The second-order valence-corrected chi connectivity index (χ2v) is 5.61. The van der Waals surface area contributed by atoms with Crippen LogP contribution >= 0.6 is 11.6 Å². The molecular formula is C14H21ClN2. The van der Waals surface area contributed by atoms with Crippen molar-refractivity contribution < 1.29 is 0 Å². The lowest BCUT2D eigenvalue weighted by molar-refractivity contribution is 0.271. The number of rotatable bonds is 4. The molecule has 0 unspecified atom stereocenters. The van der Waals surface area contributed by atoms with E-state index in [9.17, 15) is 0 Å². The van der Waals surface area contributed by atoms with Crippen molar-refractivity contribution in [3.05, 3.63) is 28.8 Å². The van der Waals surface area contributed by atoms with Crippen molar-refractivity contribution in [3.8, 4) is 0 Å². The molecule has 1 aliphatic carbocycles. The first kappa shape index (κ1) is 12.7. The summed E-state index contributed by atoms with van der Waals surface area (Å²) in [5.74, 6) is 0.875. The molecule has 0 atom stereocenters. The van der Waals surface area contributed by atoms with Gasteiger partial charge in [0.25, 0.3) is 0 Å². The molecule has 0 spiro atoms. The van der Waals surface area contributed by atoms with E-state index in [0.717, 1.165) is 28.7 Å². The summed E-state index contributed by atoms with van der Waals surface area (Å²) in [5, 5.41) is 0.817. The zero-order valence-corrected chi connectivity index (χ0v) is 11.2. The van der Waals surface area contributed by atoms with Crippen LogP contribution in [-0.2, 0) is 6.54 Å². The molecule has 2 nitrogen and oxygen atoms in total. The Hall–Kier alpha value is -0.730. The number of anilines is 1. The SMILES string of the molecule is CN(Cc1cc(N)ccc1Cl)CC1CCCC1. The van der Waals surface area contributed by atoms with Gasteiger partial charge in [-0.1, -0.05) is 24.4 Å². The Bertz CT molecular complexity index is 372. The highest BCUT2D eigenvalue weighted by Crippen LogP contribution is 2.26. The maximum absolute atomic E-state index is 6.17. The molecule has 1 aliphatic rings. The minimum atomic E-state index is 0.790. The van der Waals surface area contributed by atoms with E-state index in [1.165, 1.54) is 32.2 Å². The molecule has 1 fully saturated rings. The van der Waals surface area contributed by atoms with Crippen molar-refractivity contribution in [1.82, 2.24) is 4.90 Å². The maximum Gasteiger partial charge on any atom is 0.0452 e. The average Bonchev–Trinajstić information content (AvgIpc) is 2.76. The van der Waals surface area contributed by atoms with Crippen LogP contribution in [-0.4, -0.2) is 18.5 Å². The van der Waals surface area contributed by atoms with E-state index in [-0.39, 0.29) is 0 Å². The fourth-order valence-corrected chi connectivity index (χ4v) is 2.88. The van der Waals surface area contributed by atoms with Crippen LogP contribution in [0.25, 0.3) is 0 Å². The molecule has 0 heterocycles. The number of nitrogens with zero attached hydrogens (tertiary/aromatic N) is 1. The zero-order valence-electron chi connectivity index (χ0n) is 10.5. The van der Waals surface area contributed by atoms with Crippen LogP contribution in [0.4, 0.5) is 5.69 Å². The van der Waals surface area contributed by atoms with Crippen LogP contribution < -0.4 is 5.73 Å². The van der Waals surface area contributed by atoms with Gasteiger partial charge in [0.2, 0.25) is 0 Å². The van der Waals surface area contributed by atoms with Crippen LogP contribution in [0.3, 0.4) is 0 Å². The molecule has 2 N–H and O–H groups in total. The van der Waals surface area contributed by atoms with E-state index >= 15 is 0 Å². The molecule has 0 amide bonds. The molecule has 3 heteroatoms. The van der Waals surface area contributed by atoms with Crippen molar-refractivity contribution in [2.75, 3.05) is 19.3 Å². The number of hydrogen-bond donors (Lipinski definition) is 1. The normalized spacial score (nSPS) is 16.9. The number of benzene rings is 1. The summed E-state index contributed by atoms with van der Waals surface area (Å²) >= 11 is 6.17. The molecule has 1 aromatic carbocycles. The molecule has 0 aromatic heterocycles. The lowest BCUT2D eigenvalue weighted by Gasteiger charge is -2.21. The highest BCUT2D eigenvalue weighted by Gasteiger charge is 2.17. The summed E-state index contributed by atoms with van der Waals surface area (Å²) < 4.78 is 0. The molecule has 17 heavy (non-hydrogen) atoms. The second kappa shape index (κ2) is 5.74. The minimum absolute atomic E-state index is 0.790. The van der Waals surface area contributed by atoms with Gasteiger partial charge in [-0.15, -0.1) is 0 Å². The zero-order chi connectivity index (χ0) is 12.3. The number of nitrogens with two attached hydrogens (primary N) is 1. The van der Waals surface area contributed by atoms with Gasteiger partial charge in [0.05, 0.1) is 0 Å². The summed E-state index contributed by atoms with van der Waals surface area (Å²) in [7, 11) is 2.16. The van der Waals surface area contributed by atoms with E-state index in [0.29, 0.717) is 0 Å². The average molecular weight is 253 g/mol. The first-order valence-electron chi connectivity index (χ1n) is 6.37. The predicted molar refractivity (Wildman–Crippen MR) is 74.2 cm³/mol. The summed E-state index contributed by atoms with van der Waals surface area (Å²) in [6, 6.07) is 5.71. The summed E-state index contributed by atoms with van der Waals surface area (Å²) in [6.07, 6.45) is 5.57. The number of hydrogen-bond acceptors (Lipinski definition) is 2. The van der Waals surface area contributed by atoms with E-state index in [1.54, 1.807) is 0 Å². The molecule has 1 aromatic rings. The van der Waals surface area contributed by atoms with Crippen LogP contribution in [0.2, 0.25) is 5.02 Å². The highest BCUT2D eigenvalue weighted by molar-refractivity contribution is 6.31. The van der Waals surface area contributed by atoms with Crippen molar-refractivity contribution in [2.45, 2.75) is 32.2 Å². The van der Waals surface area contributed by atoms with Crippen LogP contribution in [0.1, 0.15) is 31.2 Å². The highest BCUT2D eigenvalue weighted by atomic mass is 35.5. The van der Waals surface area contributed by atoms with E-state index in [1.807, 2.05) is 18.2 Å². The molecule has 94 valence electrons. The Balaban J connectivity index is 1.92. The van der Waals surface area contributed by atoms with Crippen molar-refractivity contribution in [1.29, 1.82) is 0 Å². The Kier molecular flexibility index (Phi) is 4.30. The molecule has 1 saturated carbocycles. The molecule has 0 bridgehead atoms. The van der Waals surface area contributed by atoms with E-state index in [2.05, 4.69) is 11.9 Å². The summed E-state index contributed by atoms with van der Waals surface area (Å²) in [5.41, 5.74) is 7.71. The Morgan fingerprint density at radius 3 is 2.76 bits per heavy atom. The molecular weight excluding hydrogens is 232 g/mol. The Labute approximate surface area is 109 Å². The lowest BCUT2D eigenvalue weighted by Crippen LogP contribution is -2.24. The molecule has 0 radical (unpaired) electrons. The van der Waals surface area contributed by atoms with Gasteiger partial charge in [0.15, 0.2) is 0 Å².